The fraction of sp³-hybridized carbons (Fsp3) is 0.786. The van der Waals surface area contributed by atoms with Crippen molar-refractivity contribution >= 4 is 5.91 Å². The lowest BCUT2D eigenvalue weighted by Crippen LogP contribution is -2.58. The molecule has 5 heteroatoms. The average molecular weight is 268 g/mol. The first-order chi connectivity index (χ1) is 9.10. The summed E-state index contributed by atoms with van der Waals surface area (Å²) in [5.74, 6) is 0.0703. The van der Waals surface area contributed by atoms with Crippen LogP contribution < -0.4 is 5.32 Å². The van der Waals surface area contributed by atoms with Crippen LogP contribution in [0, 0.1) is 0 Å². The van der Waals surface area contributed by atoms with Gasteiger partial charge in [-0.1, -0.05) is 6.08 Å². The molecule has 0 unspecified atom stereocenters. The second-order valence-electron chi connectivity index (χ2n) is 5.54. The van der Waals surface area contributed by atoms with E-state index in [1.165, 1.54) is 0 Å². The Balaban J connectivity index is 1.85. The molecule has 0 aromatic carbocycles. The average Bonchev–Trinajstić information content (AvgIpc) is 2.46. The molecule has 1 fully saturated rings. The Bertz CT molecular complexity index is 347. The predicted octanol–water partition coefficient (Wildman–Crippen LogP) is 0.560. The molecule has 1 N–H and O–H groups in total. The van der Waals surface area contributed by atoms with E-state index in [4.69, 9.17) is 9.47 Å². The molecule has 0 spiro atoms. The number of carbonyl (C=O) groups is 1. The highest BCUT2D eigenvalue weighted by atomic mass is 16.5. The van der Waals surface area contributed by atoms with Crippen LogP contribution in [0.3, 0.4) is 0 Å². The molecule has 5 nitrogen and oxygen atoms in total. The van der Waals surface area contributed by atoms with E-state index in [0.717, 1.165) is 31.7 Å². The van der Waals surface area contributed by atoms with Crippen molar-refractivity contribution in [3.63, 3.8) is 0 Å². The minimum Gasteiger partial charge on any atom is -0.379 e. The van der Waals surface area contributed by atoms with Crippen LogP contribution >= 0.6 is 0 Å². The minimum absolute atomic E-state index is 0.0703. The van der Waals surface area contributed by atoms with Gasteiger partial charge in [0.05, 0.1) is 32.0 Å². The van der Waals surface area contributed by atoms with Crippen molar-refractivity contribution in [2.75, 3.05) is 46.1 Å². The zero-order valence-corrected chi connectivity index (χ0v) is 11.9. The SMILES string of the molecule is CC(C)(C(=O)NCC1=CCCOC1)N1CCOCC1. The molecule has 1 saturated heterocycles. The van der Waals surface area contributed by atoms with Crippen LogP contribution in [0.5, 0.6) is 0 Å². The van der Waals surface area contributed by atoms with E-state index in [1.807, 2.05) is 13.8 Å². The van der Waals surface area contributed by atoms with Gasteiger partial charge in [0.1, 0.15) is 0 Å². The molecule has 2 heterocycles. The van der Waals surface area contributed by atoms with E-state index in [2.05, 4.69) is 16.3 Å². The third-order valence-electron chi connectivity index (χ3n) is 3.82. The van der Waals surface area contributed by atoms with Crippen molar-refractivity contribution in [1.29, 1.82) is 0 Å². The first kappa shape index (κ1) is 14.5. The van der Waals surface area contributed by atoms with Gasteiger partial charge >= 0.3 is 0 Å². The normalized spacial score (nSPS) is 21.9. The summed E-state index contributed by atoms with van der Waals surface area (Å²) in [4.78, 5) is 14.5. The first-order valence-corrected chi connectivity index (χ1v) is 6.97. The smallest absolute Gasteiger partial charge is 0.240 e. The molecular weight excluding hydrogens is 244 g/mol. The van der Waals surface area contributed by atoms with Gasteiger partial charge in [-0.15, -0.1) is 0 Å². The Morgan fingerprint density at radius 2 is 2.05 bits per heavy atom. The molecule has 2 rings (SSSR count). The van der Waals surface area contributed by atoms with E-state index >= 15 is 0 Å². The molecular formula is C14H24N2O3. The molecule has 0 aromatic rings. The Kier molecular flexibility index (Phi) is 4.96. The number of rotatable bonds is 4. The maximum atomic E-state index is 12.3. The molecule has 0 aliphatic carbocycles. The highest BCUT2D eigenvalue weighted by Crippen LogP contribution is 2.16. The number of hydrogen-bond donors (Lipinski definition) is 1. The van der Waals surface area contributed by atoms with Crippen LogP contribution in [0.4, 0.5) is 0 Å². The summed E-state index contributed by atoms with van der Waals surface area (Å²) in [7, 11) is 0. The van der Waals surface area contributed by atoms with E-state index in [-0.39, 0.29) is 5.91 Å². The lowest BCUT2D eigenvalue weighted by atomic mass is 10.0. The van der Waals surface area contributed by atoms with Crippen LogP contribution in [0.1, 0.15) is 20.3 Å². The maximum absolute atomic E-state index is 12.3. The zero-order valence-electron chi connectivity index (χ0n) is 11.9. The number of nitrogens with zero attached hydrogens (tertiary/aromatic N) is 1. The van der Waals surface area contributed by atoms with Crippen molar-refractivity contribution in [2.45, 2.75) is 25.8 Å². The van der Waals surface area contributed by atoms with Gasteiger partial charge in [-0.05, 0) is 25.8 Å². The summed E-state index contributed by atoms with van der Waals surface area (Å²) in [5, 5.41) is 3.02. The molecule has 2 aliphatic rings. The summed E-state index contributed by atoms with van der Waals surface area (Å²) >= 11 is 0. The molecule has 108 valence electrons. The predicted molar refractivity (Wildman–Crippen MR) is 73.0 cm³/mol. The van der Waals surface area contributed by atoms with Gasteiger partial charge in [-0.2, -0.15) is 0 Å². The molecule has 0 bridgehead atoms. The van der Waals surface area contributed by atoms with Crippen LogP contribution in [-0.2, 0) is 14.3 Å². The van der Waals surface area contributed by atoms with Crippen molar-refractivity contribution in [2.24, 2.45) is 0 Å². The van der Waals surface area contributed by atoms with Gasteiger partial charge in [0.25, 0.3) is 0 Å². The molecule has 1 amide bonds. The van der Waals surface area contributed by atoms with Gasteiger partial charge in [-0.25, -0.2) is 0 Å². The van der Waals surface area contributed by atoms with Crippen LogP contribution in [0.25, 0.3) is 0 Å². The molecule has 0 aromatic heterocycles. The van der Waals surface area contributed by atoms with Gasteiger partial charge in [0.15, 0.2) is 0 Å². The zero-order chi connectivity index (χ0) is 13.7. The molecule has 2 aliphatic heterocycles. The molecule has 0 atom stereocenters. The number of morpholine rings is 1. The van der Waals surface area contributed by atoms with Crippen LogP contribution in [-0.4, -0.2) is 62.4 Å². The lowest BCUT2D eigenvalue weighted by Gasteiger charge is -2.39. The Morgan fingerprint density at radius 3 is 2.68 bits per heavy atom. The number of nitrogens with one attached hydrogen (secondary N) is 1. The van der Waals surface area contributed by atoms with E-state index in [0.29, 0.717) is 26.4 Å². The third-order valence-corrected chi connectivity index (χ3v) is 3.82. The van der Waals surface area contributed by atoms with Gasteiger partial charge in [0, 0.05) is 19.6 Å². The Hall–Kier alpha value is -0.910. The van der Waals surface area contributed by atoms with E-state index in [1.54, 1.807) is 0 Å². The maximum Gasteiger partial charge on any atom is 0.240 e. The highest BCUT2D eigenvalue weighted by Gasteiger charge is 2.35. The number of carbonyl (C=O) groups excluding carboxylic acids is 1. The van der Waals surface area contributed by atoms with Crippen molar-refractivity contribution in [3.8, 4) is 0 Å². The fourth-order valence-corrected chi connectivity index (χ4v) is 2.41. The van der Waals surface area contributed by atoms with E-state index in [9.17, 15) is 4.79 Å². The monoisotopic (exact) mass is 268 g/mol. The van der Waals surface area contributed by atoms with E-state index < -0.39 is 5.54 Å². The first-order valence-electron chi connectivity index (χ1n) is 6.97. The van der Waals surface area contributed by atoms with Gasteiger partial charge in [-0.3, -0.25) is 9.69 Å². The lowest BCUT2D eigenvalue weighted by molar-refractivity contribution is -0.134. The van der Waals surface area contributed by atoms with Crippen molar-refractivity contribution in [3.05, 3.63) is 11.6 Å². The highest BCUT2D eigenvalue weighted by molar-refractivity contribution is 5.85. The number of hydrogen-bond acceptors (Lipinski definition) is 4. The molecule has 19 heavy (non-hydrogen) atoms. The Labute approximate surface area is 114 Å². The number of amides is 1. The minimum atomic E-state index is -0.486. The quantitative estimate of drug-likeness (QED) is 0.757. The summed E-state index contributed by atoms with van der Waals surface area (Å²) in [6, 6.07) is 0. The molecule has 0 saturated carbocycles. The standard InChI is InChI=1S/C14H24N2O3/c1-14(2,16-5-8-18-9-6-16)13(17)15-10-12-4-3-7-19-11-12/h4H,3,5-11H2,1-2H3,(H,15,17). The Morgan fingerprint density at radius 1 is 1.32 bits per heavy atom. The van der Waals surface area contributed by atoms with Crippen LogP contribution in [0.2, 0.25) is 0 Å². The fourth-order valence-electron chi connectivity index (χ4n) is 2.41. The van der Waals surface area contributed by atoms with Crippen LogP contribution in [0.15, 0.2) is 11.6 Å². The second kappa shape index (κ2) is 6.50. The second-order valence-corrected chi connectivity index (χ2v) is 5.54. The van der Waals surface area contributed by atoms with Gasteiger partial charge in [0.2, 0.25) is 5.91 Å². The summed E-state index contributed by atoms with van der Waals surface area (Å²) in [6.07, 6.45) is 3.10. The third kappa shape index (κ3) is 3.78. The topological polar surface area (TPSA) is 50.8 Å². The van der Waals surface area contributed by atoms with Crippen molar-refractivity contribution < 1.29 is 14.3 Å². The van der Waals surface area contributed by atoms with Crippen molar-refractivity contribution in [1.82, 2.24) is 10.2 Å². The van der Waals surface area contributed by atoms with Gasteiger partial charge < -0.3 is 14.8 Å². The number of ether oxygens (including phenoxy) is 2. The summed E-state index contributed by atoms with van der Waals surface area (Å²) in [6.45, 7) is 8.99. The summed E-state index contributed by atoms with van der Waals surface area (Å²) in [5.41, 5.74) is 0.678. The largest absolute Gasteiger partial charge is 0.379 e. The molecule has 0 radical (unpaired) electrons. The summed E-state index contributed by atoms with van der Waals surface area (Å²) < 4.78 is 10.7.